The predicted octanol–water partition coefficient (Wildman–Crippen LogP) is 2.94. The van der Waals surface area contributed by atoms with Crippen LogP contribution in [0.5, 0.6) is 5.75 Å². The van der Waals surface area contributed by atoms with Crippen molar-refractivity contribution in [3.8, 4) is 5.75 Å². The number of hydrogen-bond donors (Lipinski definition) is 1. The van der Waals surface area contributed by atoms with Crippen LogP contribution in [0, 0.1) is 21.7 Å². The lowest BCUT2D eigenvalue weighted by molar-refractivity contribution is -0.386. The summed E-state index contributed by atoms with van der Waals surface area (Å²) in [5.74, 6) is -1.42. The van der Waals surface area contributed by atoms with Gasteiger partial charge in [-0.2, -0.15) is 0 Å². The van der Waals surface area contributed by atoms with Crippen LogP contribution in [0.15, 0.2) is 36.4 Å². The lowest BCUT2D eigenvalue weighted by atomic mass is 10.2. The van der Waals surface area contributed by atoms with Crippen LogP contribution in [0.2, 0.25) is 0 Å². The molecule has 0 aliphatic rings. The van der Waals surface area contributed by atoms with E-state index in [2.05, 4.69) is 0 Å². The highest BCUT2D eigenvalue weighted by Crippen LogP contribution is 2.29. The second-order valence-electron chi connectivity index (χ2n) is 4.24. The second-order valence-corrected chi connectivity index (χ2v) is 4.24. The van der Waals surface area contributed by atoms with Crippen molar-refractivity contribution in [3.05, 3.63) is 69.3 Å². The van der Waals surface area contributed by atoms with Gasteiger partial charge in [0, 0.05) is 11.6 Å². The Bertz CT molecular complexity index is 676. The Labute approximate surface area is 118 Å². The van der Waals surface area contributed by atoms with Crippen LogP contribution < -0.4 is 4.74 Å². The van der Waals surface area contributed by atoms with Crippen molar-refractivity contribution in [2.75, 3.05) is 0 Å². The molecule has 0 amide bonds. The highest BCUT2D eigenvalue weighted by Gasteiger charge is 2.16. The Morgan fingerprint density at radius 1 is 1.19 bits per heavy atom. The lowest BCUT2D eigenvalue weighted by Crippen LogP contribution is -2.02. The third-order valence-electron chi connectivity index (χ3n) is 2.79. The minimum Gasteiger partial charge on any atom is -0.482 e. The standard InChI is InChI=1S/C14H11F2NO4/c15-11-2-3-12(16)10(6-11)8-21-14-5-9(7-18)1-4-13(14)17(19)20/h1-6,18H,7-8H2. The monoisotopic (exact) mass is 295 g/mol. The summed E-state index contributed by atoms with van der Waals surface area (Å²) in [6, 6.07) is 6.73. The number of benzene rings is 2. The summed E-state index contributed by atoms with van der Waals surface area (Å²) in [4.78, 5) is 10.2. The summed E-state index contributed by atoms with van der Waals surface area (Å²) in [6.45, 7) is -0.679. The Balaban J connectivity index is 2.26. The first-order valence-electron chi connectivity index (χ1n) is 5.96. The maximum atomic E-state index is 13.5. The Morgan fingerprint density at radius 3 is 2.62 bits per heavy atom. The number of nitro groups is 1. The fourth-order valence-corrected chi connectivity index (χ4v) is 1.73. The first kappa shape index (κ1) is 14.9. The van der Waals surface area contributed by atoms with Crippen molar-refractivity contribution in [1.29, 1.82) is 0 Å². The van der Waals surface area contributed by atoms with Crippen LogP contribution in [0.1, 0.15) is 11.1 Å². The highest BCUT2D eigenvalue weighted by molar-refractivity contribution is 5.48. The molecule has 21 heavy (non-hydrogen) atoms. The van der Waals surface area contributed by atoms with Gasteiger partial charge < -0.3 is 9.84 Å². The number of nitro benzene ring substituents is 1. The molecule has 0 heterocycles. The number of halogens is 2. The van der Waals surface area contributed by atoms with Crippen LogP contribution in [0.25, 0.3) is 0 Å². The molecule has 5 nitrogen and oxygen atoms in total. The quantitative estimate of drug-likeness (QED) is 0.680. The molecule has 110 valence electrons. The van der Waals surface area contributed by atoms with Gasteiger partial charge in [-0.05, 0) is 35.9 Å². The van der Waals surface area contributed by atoms with Gasteiger partial charge in [-0.15, -0.1) is 0 Å². The topological polar surface area (TPSA) is 72.6 Å². The van der Waals surface area contributed by atoms with Gasteiger partial charge in [0.2, 0.25) is 0 Å². The molecule has 2 aromatic rings. The van der Waals surface area contributed by atoms with E-state index in [9.17, 15) is 18.9 Å². The lowest BCUT2D eigenvalue weighted by Gasteiger charge is -2.09. The molecule has 0 atom stereocenters. The molecule has 0 radical (unpaired) electrons. The van der Waals surface area contributed by atoms with Crippen LogP contribution in [-0.4, -0.2) is 10.0 Å². The molecular formula is C14H11F2NO4. The summed E-state index contributed by atoms with van der Waals surface area (Å²) in [7, 11) is 0. The molecule has 1 N–H and O–H groups in total. The maximum Gasteiger partial charge on any atom is 0.310 e. The number of aliphatic hydroxyl groups is 1. The van der Waals surface area contributed by atoms with Gasteiger partial charge in [-0.3, -0.25) is 10.1 Å². The molecule has 2 aromatic carbocycles. The minimum atomic E-state index is -0.669. The summed E-state index contributed by atoms with van der Waals surface area (Å²) in [5, 5.41) is 19.9. The predicted molar refractivity (Wildman–Crippen MR) is 69.7 cm³/mol. The molecule has 0 bridgehead atoms. The normalized spacial score (nSPS) is 10.4. The molecule has 0 fully saturated rings. The number of rotatable bonds is 5. The third-order valence-corrected chi connectivity index (χ3v) is 2.79. The Morgan fingerprint density at radius 2 is 1.95 bits per heavy atom. The van der Waals surface area contributed by atoms with E-state index in [1.54, 1.807) is 0 Å². The minimum absolute atomic E-state index is 0.0568. The molecule has 0 spiro atoms. The molecule has 0 aromatic heterocycles. The summed E-state index contributed by atoms with van der Waals surface area (Å²) < 4.78 is 31.7. The zero-order valence-electron chi connectivity index (χ0n) is 10.8. The Kier molecular flexibility index (Phi) is 4.44. The van der Waals surface area contributed by atoms with Gasteiger partial charge in [0.15, 0.2) is 5.75 Å². The van der Waals surface area contributed by atoms with Crippen molar-refractivity contribution >= 4 is 5.69 Å². The van der Waals surface area contributed by atoms with Crippen LogP contribution >= 0.6 is 0 Å². The summed E-state index contributed by atoms with van der Waals surface area (Å²) >= 11 is 0. The maximum absolute atomic E-state index is 13.5. The molecule has 0 unspecified atom stereocenters. The number of nitrogens with zero attached hydrogens (tertiary/aromatic N) is 1. The van der Waals surface area contributed by atoms with E-state index in [1.807, 2.05) is 0 Å². The van der Waals surface area contributed by atoms with E-state index in [1.165, 1.54) is 18.2 Å². The highest BCUT2D eigenvalue weighted by atomic mass is 19.1. The molecule has 2 rings (SSSR count). The van der Waals surface area contributed by atoms with E-state index in [4.69, 9.17) is 9.84 Å². The summed E-state index contributed by atoms with van der Waals surface area (Å²) in [6.07, 6.45) is 0. The Hall–Kier alpha value is -2.54. The van der Waals surface area contributed by atoms with Crippen LogP contribution in [0.4, 0.5) is 14.5 Å². The van der Waals surface area contributed by atoms with Crippen LogP contribution in [0.3, 0.4) is 0 Å². The molecule has 0 saturated carbocycles. The second kappa shape index (κ2) is 6.27. The number of ether oxygens (including phenoxy) is 1. The zero-order valence-corrected chi connectivity index (χ0v) is 10.8. The number of hydrogen-bond acceptors (Lipinski definition) is 4. The van der Waals surface area contributed by atoms with Crippen molar-refractivity contribution in [2.45, 2.75) is 13.2 Å². The average Bonchev–Trinajstić information content (AvgIpc) is 2.47. The van der Waals surface area contributed by atoms with E-state index < -0.39 is 16.6 Å². The first-order valence-corrected chi connectivity index (χ1v) is 5.96. The van der Waals surface area contributed by atoms with Crippen molar-refractivity contribution < 1.29 is 23.5 Å². The molecule has 0 aliphatic carbocycles. The van der Waals surface area contributed by atoms with Gasteiger partial charge >= 0.3 is 5.69 Å². The van der Waals surface area contributed by atoms with E-state index in [-0.39, 0.29) is 30.2 Å². The van der Waals surface area contributed by atoms with Gasteiger partial charge in [-0.25, -0.2) is 8.78 Å². The van der Waals surface area contributed by atoms with Gasteiger partial charge in [0.05, 0.1) is 11.5 Å². The SMILES string of the molecule is O=[N+]([O-])c1ccc(CO)cc1OCc1cc(F)ccc1F. The molecule has 0 saturated heterocycles. The fraction of sp³-hybridized carbons (Fsp3) is 0.143. The van der Waals surface area contributed by atoms with E-state index >= 15 is 0 Å². The molecule has 0 aliphatic heterocycles. The number of aliphatic hydroxyl groups excluding tert-OH is 1. The average molecular weight is 295 g/mol. The van der Waals surface area contributed by atoms with Gasteiger partial charge in [-0.1, -0.05) is 0 Å². The van der Waals surface area contributed by atoms with E-state index in [0.717, 1.165) is 18.2 Å². The largest absolute Gasteiger partial charge is 0.482 e. The van der Waals surface area contributed by atoms with E-state index in [0.29, 0.717) is 5.56 Å². The zero-order chi connectivity index (χ0) is 15.4. The fourth-order valence-electron chi connectivity index (χ4n) is 1.73. The van der Waals surface area contributed by atoms with Gasteiger partial charge in [0.1, 0.15) is 18.2 Å². The smallest absolute Gasteiger partial charge is 0.310 e. The summed E-state index contributed by atoms with van der Waals surface area (Å²) in [5.41, 5.74) is 0.0398. The third kappa shape index (κ3) is 3.51. The van der Waals surface area contributed by atoms with Gasteiger partial charge in [0.25, 0.3) is 0 Å². The molecule has 7 heteroatoms. The molecular weight excluding hydrogens is 284 g/mol. The van der Waals surface area contributed by atoms with Crippen molar-refractivity contribution in [1.82, 2.24) is 0 Å². The van der Waals surface area contributed by atoms with Crippen molar-refractivity contribution in [2.24, 2.45) is 0 Å². The van der Waals surface area contributed by atoms with Crippen LogP contribution in [-0.2, 0) is 13.2 Å². The van der Waals surface area contributed by atoms with Crippen molar-refractivity contribution in [3.63, 3.8) is 0 Å². The first-order chi connectivity index (χ1) is 10.0.